The van der Waals surface area contributed by atoms with E-state index < -0.39 is 0 Å². The fourth-order valence-corrected chi connectivity index (χ4v) is 1.57. The zero-order valence-corrected chi connectivity index (χ0v) is 10.1. The van der Waals surface area contributed by atoms with E-state index in [9.17, 15) is 0 Å². The van der Waals surface area contributed by atoms with Crippen LogP contribution in [0.15, 0.2) is 12.4 Å². The van der Waals surface area contributed by atoms with Gasteiger partial charge in [0.1, 0.15) is 18.0 Å². The molecule has 0 aliphatic carbocycles. The number of ether oxygens (including phenoxy) is 1. The summed E-state index contributed by atoms with van der Waals surface area (Å²) in [6.07, 6.45) is 2.54. The van der Waals surface area contributed by atoms with E-state index in [0.29, 0.717) is 6.04 Å². The molecule has 0 saturated carbocycles. The van der Waals surface area contributed by atoms with E-state index in [1.807, 2.05) is 6.07 Å². The molecule has 0 aromatic carbocycles. The number of nitrogens with zero attached hydrogens (tertiary/aromatic N) is 2. The molecule has 17 heavy (non-hydrogen) atoms. The normalized spacial score (nSPS) is 15.4. The van der Waals surface area contributed by atoms with Crippen LogP contribution in [0.5, 0.6) is 0 Å². The zero-order valence-electron chi connectivity index (χ0n) is 10.1. The van der Waals surface area contributed by atoms with Crippen LogP contribution in [-0.2, 0) is 4.74 Å². The summed E-state index contributed by atoms with van der Waals surface area (Å²) in [5.74, 6) is 1.73. The first-order chi connectivity index (χ1) is 8.38. The standard InChI is InChI=1S/C11H19N5O/c1-17-4-2-3-13-10-5-11(15-8-14-10)16-9-6-12-7-9/h5,8-9,12H,2-4,6-7H2,1H3,(H2,13,14,15,16). The van der Waals surface area contributed by atoms with Gasteiger partial charge in [-0.2, -0.15) is 0 Å². The molecule has 2 heterocycles. The quantitative estimate of drug-likeness (QED) is 0.593. The Hall–Kier alpha value is -1.40. The monoisotopic (exact) mass is 237 g/mol. The molecule has 0 spiro atoms. The molecule has 3 N–H and O–H groups in total. The average molecular weight is 237 g/mol. The SMILES string of the molecule is COCCCNc1cc(NC2CNC2)ncn1. The van der Waals surface area contributed by atoms with Gasteiger partial charge in [0.2, 0.25) is 0 Å². The van der Waals surface area contributed by atoms with Crippen molar-refractivity contribution in [3.05, 3.63) is 12.4 Å². The maximum Gasteiger partial charge on any atom is 0.131 e. The predicted octanol–water partition coefficient (Wildman–Crippen LogP) is 0.309. The highest BCUT2D eigenvalue weighted by atomic mass is 16.5. The van der Waals surface area contributed by atoms with E-state index in [2.05, 4.69) is 25.9 Å². The Kier molecular flexibility index (Phi) is 4.52. The van der Waals surface area contributed by atoms with Gasteiger partial charge in [-0.25, -0.2) is 9.97 Å². The molecule has 2 rings (SSSR count). The highest BCUT2D eigenvalue weighted by molar-refractivity contribution is 5.47. The molecular weight excluding hydrogens is 218 g/mol. The highest BCUT2D eigenvalue weighted by Gasteiger charge is 2.16. The van der Waals surface area contributed by atoms with Crippen LogP contribution in [0.1, 0.15) is 6.42 Å². The molecule has 6 heteroatoms. The van der Waals surface area contributed by atoms with Gasteiger partial charge in [-0.15, -0.1) is 0 Å². The molecule has 1 aromatic heterocycles. The Bertz CT molecular complexity index is 342. The molecule has 1 aromatic rings. The molecule has 0 bridgehead atoms. The minimum atomic E-state index is 0.492. The number of nitrogens with one attached hydrogen (secondary N) is 3. The molecule has 0 radical (unpaired) electrons. The Morgan fingerprint density at radius 3 is 2.94 bits per heavy atom. The van der Waals surface area contributed by atoms with Crippen LogP contribution in [0, 0.1) is 0 Å². The van der Waals surface area contributed by atoms with Crippen LogP contribution in [0.4, 0.5) is 11.6 Å². The van der Waals surface area contributed by atoms with Crippen molar-refractivity contribution < 1.29 is 4.74 Å². The Balaban J connectivity index is 1.78. The van der Waals surface area contributed by atoms with Gasteiger partial charge in [-0.1, -0.05) is 0 Å². The van der Waals surface area contributed by atoms with Crippen LogP contribution >= 0.6 is 0 Å². The van der Waals surface area contributed by atoms with E-state index >= 15 is 0 Å². The summed E-state index contributed by atoms with van der Waals surface area (Å²) in [6.45, 7) is 3.62. The van der Waals surface area contributed by atoms with Crippen molar-refractivity contribution in [3.8, 4) is 0 Å². The van der Waals surface area contributed by atoms with Crippen LogP contribution in [0.3, 0.4) is 0 Å². The summed E-state index contributed by atoms with van der Waals surface area (Å²) in [5.41, 5.74) is 0. The second-order valence-corrected chi connectivity index (χ2v) is 4.06. The van der Waals surface area contributed by atoms with Gasteiger partial charge in [-0.3, -0.25) is 0 Å². The van der Waals surface area contributed by atoms with E-state index in [4.69, 9.17) is 4.74 Å². The lowest BCUT2D eigenvalue weighted by Gasteiger charge is -2.28. The van der Waals surface area contributed by atoms with Crippen molar-refractivity contribution in [3.63, 3.8) is 0 Å². The maximum atomic E-state index is 4.99. The molecule has 1 aliphatic heterocycles. The third kappa shape index (κ3) is 3.83. The third-order valence-corrected chi connectivity index (χ3v) is 2.63. The first-order valence-corrected chi connectivity index (χ1v) is 5.90. The van der Waals surface area contributed by atoms with Crippen molar-refractivity contribution >= 4 is 11.6 Å². The lowest BCUT2D eigenvalue weighted by Crippen LogP contribution is -2.51. The van der Waals surface area contributed by atoms with E-state index in [-0.39, 0.29) is 0 Å². The predicted molar refractivity (Wildman–Crippen MR) is 67.3 cm³/mol. The fourth-order valence-electron chi connectivity index (χ4n) is 1.57. The molecule has 94 valence electrons. The summed E-state index contributed by atoms with van der Waals surface area (Å²) in [4.78, 5) is 8.36. The largest absolute Gasteiger partial charge is 0.385 e. The van der Waals surface area contributed by atoms with Crippen LogP contribution < -0.4 is 16.0 Å². The first kappa shape index (κ1) is 12.1. The van der Waals surface area contributed by atoms with E-state index in [0.717, 1.165) is 44.3 Å². The fraction of sp³-hybridized carbons (Fsp3) is 0.636. The number of rotatable bonds is 7. The first-order valence-electron chi connectivity index (χ1n) is 5.90. The van der Waals surface area contributed by atoms with Crippen molar-refractivity contribution in [1.29, 1.82) is 0 Å². The highest BCUT2D eigenvalue weighted by Crippen LogP contribution is 2.10. The van der Waals surface area contributed by atoms with Gasteiger partial charge in [0.15, 0.2) is 0 Å². The van der Waals surface area contributed by atoms with Crippen LogP contribution in [0.25, 0.3) is 0 Å². The second-order valence-electron chi connectivity index (χ2n) is 4.06. The number of aromatic nitrogens is 2. The van der Waals surface area contributed by atoms with Crippen molar-refractivity contribution in [1.82, 2.24) is 15.3 Å². The number of hydrogen-bond donors (Lipinski definition) is 3. The zero-order chi connectivity index (χ0) is 11.9. The summed E-state index contributed by atoms with van der Waals surface area (Å²) < 4.78 is 4.99. The molecule has 0 amide bonds. The van der Waals surface area contributed by atoms with Gasteiger partial charge >= 0.3 is 0 Å². The number of hydrogen-bond acceptors (Lipinski definition) is 6. The Morgan fingerprint density at radius 2 is 2.24 bits per heavy atom. The van der Waals surface area contributed by atoms with E-state index in [1.165, 1.54) is 0 Å². The third-order valence-electron chi connectivity index (χ3n) is 2.63. The lowest BCUT2D eigenvalue weighted by molar-refractivity contribution is 0.198. The van der Waals surface area contributed by atoms with Gasteiger partial charge in [0.25, 0.3) is 0 Å². The molecule has 6 nitrogen and oxygen atoms in total. The van der Waals surface area contributed by atoms with Gasteiger partial charge in [0.05, 0.1) is 6.04 Å². The molecule has 1 aliphatic rings. The Labute approximate surface area is 101 Å². The molecule has 0 atom stereocenters. The Morgan fingerprint density at radius 1 is 1.41 bits per heavy atom. The minimum Gasteiger partial charge on any atom is -0.385 e. The summed E-state index contributed by atoms with van der Waals surface area (Å²) in [6, 6.07) is 2.43. The molecule has 1 fully saturated rings. The molecule has 1 saturated heterocycles. The topological polar surface area (TPSA) is 71.1 Å². The van der Waals surface area contributed by atoms with Gasteiger partial charge < -0.3 is 20.7 Å². The molecule has 0 unspecified atom stereocenters. The summed E-state index contributed by atoms with van der Waals surface area (Å²) in [7, 11) is 1.71. The van der Waals surface area contributed by atoms with Crippen molar-refractivity contribution in [2.75, 3.05) is 44.0 Å². The lowest BCUT2D eigenvalue weighted by atomic mass is 10.2. The van der Waals surface area contributed by atoms with Crippen molar-refractivity contribution in [2.24, 2.45) is 0 Å². The number of anilines is 2. The summed E-state index contributed by atoms with van der Waals surface area (Å²) >= 11 is 0. The van der Waals surface area contributed by atoms with E-state index in [1.54, 1.807) is 13.4 Å². The van der Waals surface area contributed by atoms with Gasteiger partial charge in [0, 0.05) is 39.4 Å². The van der Waals surface area contributed by atoms with Crippen LogP contribution in [-0.4, -0.2) is 49.4 Å². The number of methoxy groups -OCH3 is 1. The summed E-state index contributed by atoms with van der Waals surface area (Å²) in [5, 5.41) is 9.79. The minimum absolute atomic E-state index is 0.492. The van der Waals surface area contributed by atoms with Gasteiger partial charge in [-0.05, 0) is 6.42 Å². The van der Waals surface area contributed by atoms with Crippen LogP contribution in [0.2, 0.25) is 0 Å². The maximum absolute atomic E-state index is 4.99. The average Bonchev–Trinajstić information content (AvgIpc) is 2.30. The smallest absolute Gasteiger partial charge is 0.131 e. The van der Waals surface area contributed by atoms with Crippen molar-refractivity contribution in [2.45, 2.75) is 12.5 Å². The second kappa shape index (κ2) is 6.36. The molecular formula is C11H19N5O.